The number of benzene rings is 1. The SMILES string of the molecule is O=C(NCC1=CSC2=NCCN12)C1CCOc2ccccc2C1. The standard InChI is InChI=1S/C17H19N3O2S/c21-16(19-10-14-11-23-17-18-6-7-20(14)17)13-5-8-22-15-4-2-1-3-12(15)9-13/h1-4,11,13H,5-10H2,(H,19,21). The van der Waals surface area contributed by atoms with Crippen LogP contribution in [0.1, 0.15) is 12.0 Å². The van der Waals surface area contributed by atoms with Gasteiger partial charge < -0.3 is 15.0 Å². The van der Waals surface area contributed by atoms with Crippen LogP contribution in [0.4, 0.5) is 0 Å². The number of thioether (sulfide) groups is 1. The first-order valence-electron chi connectivity index (χ1n) is 7.97. The van der Waals surface area contributed by atoms with Crippen LogP contribution < -0.4 is 10.1 Å². The zero-order valence-corrected chi connectivity index (χ0v) is 13.6. The van der Waals surface area contributed by atoms with E-state index in [4.69, 9.17) is 4.74 Å². The van der Waals surface area contributed by atoms with E-state index in [-0.39, 0.29) is 11.8 Å². The van der Waals surface area contributed by atoms with Gasteiger partial charge in [0.25, 0.3) is 0 Å². The summed E-state index contributed by atoms with van der Waals surface area (Å²) in [7, 11) is 0. The molecule has 1 aromatic carbocycles. The summed E-state index contributed by atoms with van der Waals surface area (Å²) in [6.45, 7) is 2.94. The van der Waals surface area contributed by atoms with Gasteiger partial charge in [0, 0.05) is 23.6 Å². The maximum absolute atomic E-state index is 12.6. The molecule has 0 spiro atoms. The highest BCUT2D eigenvalue weighted by molar-refractivity contribution is 8.16. The Labute approximate surface area is 139 Å². The lowest BCUT2D eigenvalue weighted by molar-refractivity contribution is -0.125. The fourth-order valence-electron chi connectivity index (χ4n) is 3.15. The van der Waals surface area contributed by atoms with Gasteiger partial charge in [0.1, 0.15) is 5.75 Å². The Kier molecular flexibility index (Phi) is 3.99. The summed E-state index contributed by atoms with van der Waals surface area (Å²) in [5, 5.41) is 6.24. The van der Waals surface area contributed by atoms with Gasteiger partial charge in [0.2, 0.25) is 5.91 Å². The third-order valence-corrected chi connectivity index (χ3v) is 5.38. The van der Waals surface area contributed by atoms with Gasteiger partial charge in [0.05, 0.1) is 19.7 Å². The Hall–Kier alpha value is -1.95. The molecular weight excluding hydrogens is 310 g/mol. The van der Waals surface area contributed by atoms with Crippen LogP contribution >= 0.6 is 11.8 Å². The number of carbonyl (C=O) groups is 1. The molecule has 1 aromatic rings. The Morgan fingerprint density at radius 2 is 2.35 bits per heavy atom. The topological polar surface area (TPSA) is 53.9 Å². The molecule has 1 amide bonds. The monoisotopic (exact) mass is 329 g/mol. The van der Waals surface area contributed by atoms with Gasteiger partial charge >= 0.3 is 0 Å². The largest absolute Gasteiger partial charge is 0.493 e. The summed E-state index contributed by atoms with van der Waals surface area (Å²) >= 11 is 1.64. The number of amidine groups is 1. The predicted octanol–water partition coefficient (Wildman–Crippen LogP) is 2.00. The van der Waals surface area contributed by atoms with Crippen LogP contribution in [0.2, 0.25) is 0 Å². The van der Waals surface area contributed by atoms with Crippen molar-refractivity contribution in [3.8, 4) is 5.75 Å². The van der Waals surface area contributed by atoms with Crippen LogP contribution in [-0.2, 0) is 11.2 Å². The van der Waals surface area contributed by atoms with Crippen molar-refractivity contribution in [1.29, 1.82) is 0 Å². The first-order valence-corrected chi connectivity index (χ1v) is 8.85. The minimum atomic E-state index is -0.0278. The molecule has 120 valence electrons. The molecular formula is C17H19N3O2S. The van der Waals surface area contributed by atoms with Crippen LogP contribution in [0.15, 0.2) is 40.4 Å². The Bertz CT molecular complexity index is 686. The van der Waals surface area contributed by atoms with Crippen molar-refractivity contribution in [2.45, 2.75) is 12.8 Å². The highest BCUT2D eigenvalue weighted by Crippen LogP contribution is 2.29. The van der Waals surface area contributed by atoms with Crippen LogP contribution in [0.25, 0.3) is 0 Å². The average Bonchev–Trinajstić information content (AvgIpc) is 3.10. The maximum atomic E-state index is 12.6. The molecule has 0 bridgehead atoms. The molecule has 3 heterocycles. The van der Waals surface area contributed by atoms with E-state index < -0.39 is 0 Å². The fraction of sp³-hybridized carbons (Fsp3) is 0.412. The fourth-order valence-corrected chi connectivity index (χ4v) is 4.11. The zero-order chi connectivity index (χ0) is 15.6. The van der Waals surface area contributed by atoms with Gasteiger partial charge in [0.15, 0.2) is 5.17 Å². The number of hydrogen-bond acceptors (Lipinski definition) is 5. The molecule has 0 aromatic heterocycles. The number of amides is 1. The number of fused-ring (bicyclic) bond motifs is 2. The number of ether oxygens (including phenoxy) is 1. The van der Waals surface area contributed by atoms with Crippen molar-refractivity contribution in [2.24, 2.45) is 10.9 Å². The number of para-hydroxylation sites is 1. The Morgan fingerprint density at radius 3 is 3.30 bits per heavy atom. The summed E-state index contributed by atoms with van der Waals surface area (Å²) in [5.41, 5.74) is 2.26. The number of rotatable bonds is 3. The molecule has 3 aliphatic heterocycles. The smallest absolute Gasteiger partial charge is 0.223 e. The molecule has 0 fully saturated rings. The van der Waals surface area contributed by atoms with Gasteiger partial charge in [-0.25, -0.2) is 0 Å². The maximum Gasteiger partial charge on any atom is 0.223 e. The minimum absolute atomic E-state index is 0.0278. The van der Waals surface area contributed by atoms with Crippen molar-refractivity contribution < 1.29 is 9.53 Å². The minimum Gasteiger partial charge on any atom is -0.493 e. The average molecular weight is 329 g/mol. The third kappa shape index (κ3) is 2.95. The van der Waals surface area contributed by atoms with Gasteiger partial charge in [-0.1, -0.05) is 30.0 Å². The molecule has 5 nitrogen and oxygen atoms in total. The molecule has 0 saturated carbocycles. The van der Waals surface area contributed by atoms with Gasteiger partial charge in [-0.2, -0.15) is 0 Å². The van der Waals surface area contributed by atoms with Crippen molar-refractivity contribution in [3.05, 3.63) is 40.9 Å². The van der Waals surface area contributed by atoms with Crippen LogP contribution in [0.5, 0.6) is 5.75 Å². The van der Waals surface area contributed by atoms with E-state index in [9.17, 15) is 4.79 Å². The highest BCUT2D eigenvalue weighted by Gasteiger charge is 2.28. The molecule has 1 N–H and O–H groups in total. The highest BCUT2D eigenvalue weighted by atomic mass is 32.2. The molecule has 3 aliphatic rings. The number of hydrogen-bond donors (Lipinski definition) is 1. The summed E-state index contributed by atoms with van der Waals surface area (Å²) in [4.78, 5) is 19.2. The van der Waals surface area contributed by atoms with Crippen molar-refractivity contribution in [1.82, 2.24) is 10.2 Å². The van der Waals surface area contributed by atoms with E-state index in [1.54, 1.807) is 11.8 Å². The molecule has 6 heteroatoms. The lowest BCUT2D eigenvalue weighted by Crippen LogP contribution is -2.36. The van der Waals surface area contributed by atoms with Crippen LogP contribution in [0.3, 0.4) is 0 Å². The van der Waals surface area contributed by atoms with E-state index >= 15 is 0 Å². The summed E-state index contributed by atoms with van der Waals surface area (Å²) in [6.07, 6.45) is 1.50. The molecule has 0 aliphatic carbocycles. The second-order valence-corrected chi connectivity index (χ2v) is 6.74. The van der Waals surface area contributed by atoms with E-state index in [1.165, 1.54) is 0 Å². The Morgan fingerprint density at radius 1 is 1.43 bits per heavy atom. The lowest BCUT2D eigenvalue weighted by atomic mass is 9.96. The summed E-state index contributed by atoms with van der Waals surface area (Å²) in [5.74, 6) is 0.997. The number of carbonyl (C=O) groups excluding carboxylic acids is 1. The van der Waals surface area contributed by atoms with Crippen molar-refractivity contribution >= 4 is 22.8 Å². The van der Waals surface area contributed by atoms with E-state index in [0.29, 0.717) is 13.2 Å². The van der Waals surface area contributed by atoms with Crippen molar-refractivity contribution in [3.63, 3.8) is 0 Å². The number of aliphatic imine (C=N–C) groups is 1. The molecule has 0 radical (unpaired) electrons. The van der Waals surface area contributed by atoms with Crippen molar-refractivity contribution in [2.75, 3.05) is 26.2 Å². The first-order chi connectivity index (χ1) is 11.3. The molecule has 1 unspecified atom stereocenters. The predicted molar refractivity (Wildman–Crippen MR) is 91.4 cm³/mol. The number of nitrogens with one attached hydrogen (secondary N) is 1. The molecule has 0 saturated heterocycles. The molecule has 1 atom stereocenters. The summed E-state index contributed by atoms with van der Waals surface area (Å²) < 4.78 is 5.74. The van der Waals surface area contributed by atoms with E-state index in [0.717, 1.165) is 48.1 Å². The summed E-state index contributed by atoms with van der Waals surface area (Å²) in [6, 6.07) is 7.99. The quantitative estimate of drug-likeness (QED) is 0.922. The van der Waals surface area contributed by atoms with E-state index in [2.05, 4.69) is 20.6 Å². The second kappa shape index (κ2) is 6.28. The first kappa shape index (κ1) is 14.6. The van der Waals surface area contributed by atoms with Crippen LogP contribution in [0, 0.1) is 5.92 Å². The molecule has 23 heavy (non-hydrogen) atoms. The second-order valence-electron chi connectivity index (χ2n) is 5.91. The van der Waals surface area contributed by atoms with E-state index in [1.807, 2.05) is 24.3 Å². The van der Waals surface area contributed by atoms with Gasteiger partial charge in [-0.3, -0.25) is 9.79 Å². The zero-order valence-electron chi connectivity index (χ0n) is 12.8. The van der Waals surface area contributed by atoms with Crippen LogP contribution in [-0.4, -0.2) is 42.2 Å². The van der Waals surface area contributed by atoms with Gasteiger partial charge in [-0.05, 0) is 24.5 Å². The van der Waals surface area contributed by atoms with Gasteiger partial charge in [-0.15, -0.1) is 0 Å². The molecule has 4 rings (SSSR count). The Balaban J connectivity index is 1.37. The lowest BCUT2D eigenvalue weighted by Gasteiger charge is -2.19. The third-order valence-electron chi connectivity index (χ3n) is 4.43. The number of nitrogens with zero attached hydrogens (tertiary/aromatic N) is 2. The normalized spacial score (nSPS) is 22.4.